The first-order chi connectivity index (χ1) is 13.8. The summed E-state index contributed by atoms with van der Waals surface area (Å²) in [4.78, 5) is 0. The van der Waals surface area contributed by atoms with Gasteiger partial charge in [-0.1, -0.05) is 20.3 Å². The van der Waals surface area contributed by atoms with Crippen LogP contribution in [0.15, 0.2) is 121 Å². The van der Waals surface area contributed by atoms with Crippen molar-refractivity contribution in [3.8, 4) is 0 Å². The van der Waals surface area contributed by atoms with Gasteiger partial charge in [-0.3, -0.25) is 0 Å². The van der Waals surface area contributed by atoms with Crippen molar-refractivity contribution in [3.63, 3.8) is 0 Å². The number of hydrogen-bond acceptors (Lipinski definition) is 0. The summed E-state index contributed by atoms with van der Waals surface area (Å²) in [6, 6.07) is 44.0. The Morgan fingerprint density at radius 3 is 0.750 bits per heavy atom. The van der Waals surface area contributed by atoms with Gasteiger partial charge in [0.2, 0.25) is 0 Å². The molecule has 0 bridgehead atoms. The van der Waals surface area contributed by atoms with Gasteiger partial charge in [-0.15, -0.1) is 0 Å². The Balaban J connectivity index is 0.000000706. The predicted molar refractivity (Wildman–Crippen MR) is 129 cm³/mol. The second-order valence-electron chi connectivity index (χ2n) is 6.92. The van der Waals surface area contributed by atoms with E-state index in [1.807, 2.05) is 0 Å². The van der Waals surface area contributed by atoms with E-state index in [1.54, 1.807) is 0 Å². The van der Waals surface area contributed by atoms with Crippen molar-refractivity contribution in [2.24, 2.45) is 0 Å². The summed E-state index contributed by atoms with van der Waals surface area (Å²) < 4.78 is 0. The van der Waals surface area contributed by atoms with Gasteiger partial charge in [-0.2, -0.15) is 0 Å². The molecule has 0 atom stereocenters. The Kier molecular flexibility index (Phi) is 7.18. The van der Waals surface area contributed by atoms with Crippen LogP contribution in [0.25, 0.3) is 0 Å². The third-order valence-corrected chi connectivity index (χ3v) is 9.62. The van der Waals surface area contributed by atoms with E-state index in [-0.39, 0.29) is 0 Å². The maximum absolute atomic E-state index is 2.30. The topological polar surface area (TPSA) is 0 Å². The molecule has 0 saturated carbocycles. The van der Waals surface area contributed by atoms with Gasteiger partial charge in [0, 0.05) is 0 Å². The standard InChI is InChI=1S/C24H21P.C3H8/c1-5-13-21(14-6-1)25(22-15-7-2-8-16-22,23-17-9-3-10-18-23)24-19-11-4-12-20-24;1-3-2/h1-20,25H;3H2,1-2H3. The SMILES string of the molecule is CCC.c1ccc([PH](c2ccccc2)(c2ccccc2)c2ccccc2)cc1. The maximum atomic E-state index is 2.29. The van der Waals surface area contributed by atoms with Gasteiger partial charge >= 0.3 is 150 Å². The molecule has 4 aromatic carbocycles. The first-order valence-electron chi connectivity index (χ1n) is 10.1. The Morgan fingerprint density at radius 2 is 0.571 bits per heavy atom. The zero-order valence-corrected chi connectivity index (χ0v) is 17.8. The minimum absolute atomic E-state index is 1.25. The van der Waals surface area contributed by atoms with Gasteiger partial charge in [0.25, 0.3) is 0 Å². The van der Waals surface area contributed by atoms with Crippen molar-refractivity contribution >= 4 is 28.5 Å². The molecule has 4 rings (SSSR count). The number of benzene rings is 4. The Bertz CT molecular complexity index is 769. The Hall–Kier alpha value is -2.69. The van der Waals surface area contributed by atoms with Crippen LogP contribution >= 0.6 is 7.26 Å². The molecule has 0 aliphatic heterocycles. The van der Waals surface area contributed by atoms with Gasteiger partial charge in [0.05, 0.1) is 0 Å². The Morgan fingerprint density at radius 1 is 0.393 bits per heavy atom. The summed E-state index contributed by atoms with van der Waals surface area (Å²) in [5.74, 6) is 0. The van der Waals surface area contributed by atoms with E-state index in [0.717, 1.165) is 0 Å². The molecule has 0 unspecified atom stereocenters. The molecule has 0 fully saturated rings. The van der Waals surface area contributed by atoms with Gasteiger partial charge in [-0.25, -0.2) is 0 Å². The Labute approximate surface area is 170 Å². The zero-order chi connectivity index (χ0) is 19.7. The fourth-order valence-electron chi connectivity index (χ4n) is 3.75. The van der Waals surface area contributed by atoms with E-state index in [9.17, 15) is 0 Å². The fraction of sp³-hybridized carbons (Fsp3) is 0.111. The molecule has 28 heavy (non-hydrogen) atoms. The van der Waals surface area contributed by atoms with Crippen LogP contribution in [-0.4, -0.2) is 0 Å². The van der Waals surface area contributed by atoms with Crippen LogP contribution < -0.4 is 21.2 Å². The van der Waals surface area contributed by atoms with Crippen LogP contribution in [-0.2, 0) is 0 Å². The molecule has 0 N–H and O–H groups in total. The van der Waals surface area contributed by atoms with E-state index in [4.69, 9.17) is 0 Å². The molecule has 0 aliphatic carbocycles. The second-order valence-corrected chi connectivity index (χ2v) is 10.7. The molecule has 0 radical (unpaired) electrons. The van der Waals surface area contributed by atoms with Crippen LogP contribution in [0.1, 0.15) is 20.3 Å². The molecule has 0 spiro atoms. The van der Waals surface area contributed by atoms with Crippen LogP contribution in [0.4, 0.5) is 0 Å². The van der Waals surface area contributed by atoms with Gasteiger partial charge in [0.1, 0.15) is 0 Å². The molecular weight excluding hydrogens is 355 g/mol. The molecule has 142 valence electrons. The van der Waals surface area contributed by atoms with E-state index < -0.39 is 7.26 Å². The van der Waals surface area contributed by atoms with Crippen LogP contribution in [0.2, 0.25) is 0 Å². The molecule has 0 amide bonds. The summed E-state index contributed by atoms with van der Waals surface area (Å²) in [5.41, 5.74) is 0. The average molecular weight is 385 g/mol. The van der Waals surface area contributed by atoms with Crippen molar-refractivity contribution in [1.29, 1.82) is 0 Å². The van der Waals surface area contributed by atoms with Crippen molar-refractivity contribution < 1.29 is 0 Å². The van der Waals surface area contributed by atoms with Crippen LogP contribution in [0, 0.1) is 0 Å². The number of hydrogen-bond donors (Lipinski definition) is 0. The van der Waals surface area contributed by atoms with Gasteiger partial charge in [0.15, 0.2) is 0 Å². The molecule has 0 nitrogen and oxygen atoms in total. The van der Waals surface area contributed by atoms with Crippen molar-refractivity contribution in [2.75, 3.05) is 0 Å². The summed E-state index contributed by atoms with van der Waals surface area (Å²) in [5, 5.41) is 5.66. The van der Waals surface area contributed by atoms with Crippen molar-refractivity contribution in [1.82, 2.24) is 0 Å². The quantitative estimate of drug-likeness (QED) is 0.410. The zero-order valence-electron chi connectivity index (χ0n) is 16.8. The normalized spacial score (nSPS) is 11.2. The third kappa shape index (κ3) is 4.08. The summed E-state index contributed by atoms with van der Waals surface area (Å²) >= 11 is 0. The van der Waals surface area contributed by atoms with E-state index >= 15 is 0 Å². The van der Waals surface area contributed by atoms with Crippen LogP contribution in [0.5, 0.6) is 0 Å². The van der Waals surface area contributed by atoms with Gasteiger partial charge < -0.3 is 0 Å². The molecule has 0 aromatic heterocycles. The second kappa shape index (κ2) is 10.0. The van der Waals surface area contributed by atoms with Crippen molar-refractivity contribution in [3.05, 3.63) is 121 Å². The molecule has 4 aromatic rings. The molecule has 0 aliphatic rings. The molecule has 0 saturated heterocycles. The average Bonchev–Trinajstić information content (AvgIpc) is 2.78. The molecular formula is C27H29P. The van der Waals surface area contributed by atoms with E-state index in [0.29, 0.717) is 0 Å². The third-order valence-electron chi connectivity index (χ3n) is 4.83. The summed E-state index contributed by atoms with van der Waals surface area (Å²) in [6.07, 6.45) is 1.25. The molecule has 0 heterocycles. The first kappa shape index (κ1) is 20.1. The summed E-state index contributed by atoms with van der Waals surface area (Å²) in [7, 11) is -2.30. The first-order valence-corrected chi connectivity index (χ1v) is 12.1. The van der Waals surface area contributed by atoms with E-state index in [1.165, 1.54) is 27.6 Å². The number of rotatable bonds is 4. The fourth-order valence-corrected chi connectivity index (χ4v) is 8.52. The van der Waals surface area contributed by atoms with Crippen molar-refractivity contribution in [2.45, 2.75) is 20.3 Å². The monoisotopic (exact) mass is 384 g/mol. The van der Waals surface area contributed by atoms with Gasteiger partial charge in [-0.05, 0) is 0 Å². The van der Waals surface area contributed by atoms with Crippen LogP contribution in [0.3, 0.4) is 0 Å². The summed E-state index contributed by atoms with van der Waals surface area (Å²) in [6.45, 7) is 4.25. The van der Waals surface area contributed by atoms with E-state index in [2.05, 4.69) is 135 Å². The predicted octanol–water partition coefficient (Wildman–Crippen LogP) is 5.45. The minimum atomic E-state index is -2.30. The molecule has 1 heteroatoms.